The molecule has 11 aromatic heterocycles. The maximum Gasteiger partial charge on any atom is 0.272 e. The van der Waals surface area contributed by atoms with Gasteiger partial charge in [-0.15, -0.1) is 0 Å². The zero-order valence-electron chi connectivity index (χ0n) is 66.8. The first kappa shape index (κ1) is 82.4. The number of hydrogen-bond donors (Lipinski definition) is 4. The third-order valence-corrected chi connectivity index (χ3v) is 21.9. The second-order valence-corrected chi connectivity index (χ2v) is 31.0. The van der Waals surface area contributed by atoms with Crippen LogP contribution in [-0.4, -0.2) is 95.7 Å². The number of nitrogens with zero attached hydrogens (tertiary/aromatic N) is 15. The highest BCUT2D eigenvalue weighted by Gasteiger charge is 2.32. The molecule has 4 atom stereocenters. The van der Waals surface area contributed by atoms with Crippen LogP contribution in [0.15, 0.2) is 208 Å². The highest BCUT2D eigenvalue weighted by molar-refractivity contribution is 6.37. The molecule has 4 amide bonds. The van der Waals surface area contributed by atoms with Gasteiger partial charge < -0.3 is 35.0 Å². The number of nitrogens with one attached hydrogen (secondary N) is 4. The molecule has 0 aliphatic heterocycles. The first-order chi connectivity index (χ1) is 57.0. The van der Waals surface area contributed by atoms with E-state index in [1.807, 2.05) is 139 Å². The fourth-order valence-corrected chi connectivity index (χ4v) is 16.0. The van der Waals surface area contributed by atoms with Crippen LogP contribution in [0, 0.1) is 34.6 Å². The molecule has 11 heterocycles. The van der Waals surface area contributed by atoms with Gasteiger partial charge in [0, 0.05) is 91.0 Å². The van der Waals surface area contributed by atoms with Gasteiger partial charge >= 0.3 is 0 Å². The summed E-state index contributed by atoms with van der Waals surface area (Å²) in [6.07, 6.45) is 13.6. The summed E-state index contributed by atoms with van der Waals surface area (Å²) in [6.45, 7) is 20.2. The largest absolute Gasteiger partial charge is 0.344 e. The van der Waals surface area contributed by atoms with E-state index < -0.39 is 18.1 Å². The molecule has 119 heavy (non-hydrogen) atoms. The molecule has 5 aromatic carbocycles. The molecule has 31 heteroatoms. The van der Waals surface area contributed by atoms with E-state index in [1.165, 1.54) is 4.57 Å². The Bertz CT molecular complexity index is 6810. The summed E-state index contributed by atoms with van der Waals surface area (Å²) in [6, 6.07) is 42.0. The van der Waals surface area contributed by atoms with Gasteiger partial charge in [0.1, 0.15) is 22.4 Å². The summed E-state index contributed by atoms with van der Waals surface area (Å²) in [4.78, 5) is 126. The smallest absolute Gasteiger partial charge is 0.272 e. The molecule has 0 unspecified atom stereocenters. The number of pyridine rings is 4. The van der Waals surface area contributed by atoms with Crippen LogP contribution in [0.3, 0.4) is 0 Å². The average Bonchev–Trinajstić information content (AvgIpc) is 1.44. The summed E-state index contributed by atoms with van der Waals surface area (Å²) >= 11 is 25.2. The van der Waals surface area contributed by atoms with Crippen molar-refractivity contribution in [2.24, 2.45) is 7.05 Å². The molecule has 0 bridgehead atoms. The fourth-order valence-electron chi connectivity index (χ4n) is 14.9. The van der Waals surface area contributed by atoms with Gasteiger partial charge in [0.2, 0.25) is 0 Å². The van der Waals surface area contributed by atoms with Crippen molar-refractivity contribution in [3.8, 4) is 5.69 Å². The van der Waals surface area contributed by atoms with Crippen molar-refractivity contribution in [2.45, 2.75) is 125 Å². The number of halogens is 4. The molecule has 1 aliphatic carbocycles. The first-order valence-electron chi connectivity index (χ1n) is 38.3. The third-order valence-electron chi connectivity index (χ3n) is 20.7. The van der Waals surface area contributed by atoms with Gasteiger partial charge in [-0.2, -0.15) is 15.3 Å². The van der Waals surface area contributed by atoms with E-state index >= 15 is 0 Å². The Morgan fingerprint density at radius 2 is 0.790 bits per heavy atom. The van der Waals surface area contributed by atoms with Crippen molar-refractivity contribution in [3.05, 3.63) is 324 Å². The number of fused-ring (bicyclic) bond motifs is 7. The molecule has 0 radical (unpaired) electrons. The Hall–Kier alpha value is -13.1. The highest BCUT2D eigenvalue weighted by Crippen LogP contribution is 2.38. The lowest BCUT2D eigenvalue weighted by Crippen LogP contribution is -2.33. The number of benzene rings is 5. The molecule has 17 rings (SSSR count). The number of carbonyl (C=O) groups is 4. The van der Waals surface area contributed by atoms with Crippen LogP contribution >= 0.6 is 46.4 Å². The maximum absolute atomic E-state index is 13.5. The fraction of sp³-hybridized carbons (Fsp3) is 0.227. The monoisotopic (exact) mass is 1670 g/mol. The summed E-state index contributed by atoms with van der Waals surface area (Å²) in [5, 5.41) is 31.5. The van der Waals surface area contributed by atoms with Crippen molar-refractivity contribution in [1.82, 2.24) is 93.3 Å². The molecular formula is C88H81Cl4N19O8. The minimum absolute atomic E-state index is 0.104. The van der Waals surface area contributed by atoms with Crippen molar-refractivity contribution < 1.29 is 19.2 Å². The van der Waals surface area contributed by atoms with E-state index in [2.05, 4.69) is 61.5 Å². The Morgan fingerprint density at radius 3 is 1.23 bits per heavy atom. The SMILES string of the molecule is Cc1cnc(C(=O)N[C@@H](C)c2cc3cccc(Cl)c3c(=O)n2-c2ccccc2)c(C)n1.Cc1nn2cccnc2c1C(=O)N[C@@H](C)c1cc2cccc(Cl)c2c(=O)n1C.Cc1nn2cccnc2c1C(=O)N[C@@H](C)c1cc2cccc(Cl)c2c(=O)n1C(C)C.Cc1nn2cccnc2c1C(=O)N[C@@H](C)c1cc2cccc(Cl)c2c(=O)n1C1CC1. The van der Waals surface area contributed by atoms with Gasteiger partial charge in [0.05, 0.1) is 94.3 Å². The van der Waals surface area contributed by atoms with E-state index in [0.29, 0.717) is 126 Å². The standard InChI is InChI=1S/C24H21ClN4O2.C22H20ClN5O2.C22H22ClN5O2.C20H18ClN5O2/c1-14-13-26-22(16(3)27-14)23(30)28-15(2)20-12-17-8-7-11-19(25)21(17)24(31)29(20)18-9-5-4-6-10-18;1-12(25-21(29)18-13(2)26-27-10-4-9-24-20(18)27)17-11-14-5-3-6-16(23)19(14)22(30)28(17)15-7-8-15;1-12(2)28-17(11-15-7-5-8-16(23)19(15)22(28)30)13(3)25-21(29)18-14(4)26-27-10-6-9-24-20(18)27;1-11(15-10-13-6-4-7-14(21)17(13)20(28)25(15)3)23-19(27)16-12(2)24-26-9-5-8-22-18(16)26/h4-13,15H,1-3H3,(H,28,30);3-6,9-12,15H,7-8H2,1-2H3,(H,25,29);5-13H,1-4H3,(H,25,29);4-11H,1-3H3,(H,23,27)/t15-;12-;13-;11-/m0000/s1. The van der Waals surface area contributed by atoms with Crippen LogP contribution in [0.1, 0.15) is 183 Å². The van der Waals surface area contributed by atoms with Crippen molar-refractivity contribution in [2.75, 3.05) is 0 Å². The third kappa shape index (κ3) is 16.5. The Kier molecular flexibility index (Phi) is 23.7. The van der Waals surface area contributed by atoms with Crippen LogP contribution in [0.4, 0.5) is 0 Å². The van der Waals surface area contributed by atoms with Crippen molar-refractivity contribution >= 4 is 130 Å². The Balaban J connectivity index is 0.000000130. The van der Waals surface area contributed by atoms with Gasteiger partial charge in [0.15, 0.2) is 16.9 Å². The van der Waals surface area contributed by atoms with Gasteiger partial charge in [-0.1, -0.05) is 113 Å². The van der Waals surface area contributed by atoms with Crippen LogP contribution in [-0.2, 0) is 7.05 Å². The van der Waals surface area contributed by atoms with E-state index in [9.17, 15) is 38.4 Å². The minimum atomic E-state index is -0.480. The second-order valence-electron chi connectivity index (χ2n) is 29.4. The zero-order valence-corrected chi connectivity index (χ0v) is 69.8. The lowest BCUT2D eigenvalue weighted by atomic mass is 10.1. The van der Waals surface area contributed by atoms with Crippen LogP contribution in [0.2, 0.25) is 20.1 Å². The van der Waals surface area contributed by atoms with Gasteiger partial charge in [-0.3, -0.25) is 47.9 Å². The summed E-state index contributed by atoms with van der Waals surface area (Å²) in [5.74, 6) is -1.20. The molecule has 1 saturated carbocycles. The summed E-state index contributed by atoms with van der Waals surface area (Å²) in [7, 11) is 1.67. The number of hydrogen-bond acceptors (Lipinski definition) is 16. The molecule has 4 N–H and O–H groups in total. The second kappa shape index (κ2) is 34.2. The highest BCUT2D eigenvalue weighted by atomic mass is 35.5. The predicted molar refractivity (Wildman–Crippen MR) is 462 cm³/mol. The minimum Gasteiger partial charge on any atom is -0.344 e. The van der Waals surface area contributed by atoms with Gasteiger partial charge in [0.25, 0.3) is 45.9 Å². The normalized spacial score (nSPS) is 13.0. The quantitative estimate of drug-likeness (QED) is 0.0741. The number of aryl methyl sites for hydroxylation is 5. The van der Waals surface area contributed by atoms with E-state index in [4.69, 9.17) is 46.4 Å². The van der Waals surface area contributed by atoms with Crippen LogP contribution in [0.25, 0.3) is 65.7 Å². The predicted octanol–water partition coefficient (Wildman–Crippen LogP) is 15.5. The van der Waals surface area contributed by atoms with Crippen LogP contribution in [0.5, 0.6) is 0 Å². The number of para-hydroxylation sites is 1. The molecular weight excluding hydrogens is 1590 g/mol. The van der Waals surface area contributed by atoms with Crippen molar-refractivity contribution in [1.29, 1.82) is 0 Å². The Morgan fingerprint density at radius 1 is 0.412 bits per heavy atom. The van der Waals surface area contributed by atoms with E-state index in [0.717, 1.165) is 40.4 Å². The molecule has 1 aliphatic rings. The molecule has 0 spiro atoms. The molecule has 16 aromatic rings. The Labute approximate surface area is 700 Å². The zero-order chi connectivity index (χ0) is 84.7. The number of carbonyl (C=O) groups excluding carboxylic acids is 4. The maximum atomic E-state index is 13.5. The lowest BCUT2D eigenvalue weighted by molar-refractivity contribution is 0.0925. The topological polar surface area (TPSA) is 321 Å². The average molecular weight is 1670 g/mol. The number of aromatic nitrogens is 15. The van der Waals surface area contributed by atoms with E-state index in [1.54, 1.807) is 160 Å². The lowest BCUT2D eigenvalue weighted by Gasteiger charge is -2.23. The number of amides is 4. The van der Waals surface area contributed by atoms with Crippen LogP contribution < -0.4 is 43.5 Å². The first-order valence-corrected chi connectivity index (χ1v) is 39.8. The summed E-state index contributed by atoms with van der Waals surface area (Å²) < 4.78 is 11.3. The molecule has 27 nitrogen and oxygen atoms in total. The molecule has 0 saturated heterocycles. The molecule has 604 valence electrons. The number of rotatable bonds is 15. The van der Waals surface area contributed by atoms with Gasteiger partial charge in [-0.25, -0.2) is 33.5 Å². The van der Waals surface area contributed by atoms with E-state index in [-0.39, 0.29) is 69.7 Å². The summed E-state index contributed by atoms with van der Waals surface area (Å²) in [5.41, 5.74) is 8.86. The van der Waals surface area contributed by atoms with Gasteiger partial charge in [-0.05, 0) is 189 Å². The molecule has 1 fully saturated rings. The van der Waals surface area contributed by atoms with Crippen molar-refractivity contribution in [3.63, 3.8) is 0 Å².